The highest BCUT2D eigenvalue weighted by atomic mass is 32.2. The van der Waals surface area contributed by atoms with E-state index >= 15 is 0 Å². The van der Waals surface area contributed by atoms with Gasteiger partial charge in [-0.15, -0.1) is 0 Å². The molecule has 5 nitrogen and oxygen atoms in total. The van der Waals surface area contributed by atoms with Crippen molar-refractivity contribution in [1.29, 1.82) is 0 Å². The van der Waals surface area contributed by atoms with Gasteiger partial charge in [-0.3, -0.25) is 4.55 Å². The molecular formula is C3H8O5S. The van der Waals surface area contributed by atoms with E-state index in [-0.39, 0.29) is 0 Å². The van der Waals surface area contributed by atoms with Gasteiger partial charge in [0.1, 0.15) is 5.75 Å². The zero-order valence-electron chi connectivity index (χ0n) is 4.56. The van der Waals surface area contributed by atoms with E-state index in [0.717, 1.165) is 0 Å². The third kappa shape index (κ3) is 5.71. The number of aliphatic hydroxyl groups excluding tert-OH is 2. The van der Waals surface area contributed by atoms with E-state index in [1.54, 1.807) is 0 Å². The zero-order valence-corrected chi connectivity index (χ0v) is 5.37. The monoisotopic (exact) mass is 156 g/mol. The molecule has 0 fully saturated rings. The molecule has 1 atom stereocenters. The number of rotatable bonds is 3. The normalized spacial score (nSPS) is 15.4. The van der Waals surface area contributed by atoms with Crippen LogP contribution in [-0.2, 0) is 10.1 Å². The summed E-state index contributed by atoms with van der Waals surface area (Å²) in [6.45, 7) is -0.667. The van der Waals surface area contributed by atoms with Crippen LogP contribution in [0.1, 0.15) is 0 Å². The minimum Gasteiger partial charge on any atom is -0.394 e. The summed E-state index contributed by atoms with van der Waals surface area (Å²) >= 11 is 0. The molecule has 0 bridgehead atoms. The zero-order chi connectivity index (χ0) is 7.49. The van der Waals surface area contributed by atoms with E-state index in [9.17, 15) is 8.42 Å². The Balaban J connectivity index is 3.75. The van der Waals surface area contributed by atoms with Gasteiger partial charge in [0.2, 0.25) is 0 Å². The van der Waals surface area contributed by atoms with Crippen molar-refractivity contribution in [2.24, 2.45) is 0 Å². The molecule has 6 heteroatoms. The molecule has 56 valence electrons. The van der Waals surface area contributed by atoms with Gasteiger partial charge in [0.25, 0.3) is 10.1 Å². The minimum atomic E-state index is -4.15. The van der Waals surface area contributed by atoms with E-state index < -0.39 is 28.6 Å². The second-order valence-corrected chi connectivity index (χ2v) is 3.08. The van der Waals surface area contributed by atoms with Gasteiger partial charge in [-0.1, -0.05) is 0 Å². The minimum absolute atomic E-state index is 0.667. The summed E-state index contributed by atoms with van der Waals surface area (Å²) in [4.78, 5) is 0. The molecule has 0 aliphatic heterocycles. The maximum Gasteiger partial charge on any atom is 0.267 e. The Bertz CT molecular complexity index is 159. The molecule has 0 aliphatic carbocycles. The van der Waals surface area contributed by atoms with Crippen LogP contribution >= 0.6 is 0 Å². The van der Waals surface area contributed by atoms with Crippen molar-refractivity contribution in [3.8, 4) is 0 Å². The lowest BCUT2D eigenvalue weighted by Gasteiger charge is -2.01. The Hall–Kier alpha value is -0.170. The van der Waals surface area contributed by atoms with Crippen LogP contribution in [0.3, 0.4) is 0 Å². The summed E-state index contributed by atoms with van der Waals surface area (Å²) in [6.07, 6.45) is -1.39. The van der Waals surface area contributed by atoms with E-state index in [2.05, 4.69) is 0 Å². The molecule has 0 spiro atoms. The SMILES string of the molecule is O=S(=O)(O)C[C@@H](O)CO. The molecule has 0 rings (SSSR count). The second kappa shape index (κ2) is 3.11. The molecule has 0 saturated heterocycles. The molecule has 0 aromatic heterocycles. The smallest absolute Gasteiger partial charge is 0.267 e. The van der Waals surface area contributed by atoms with Crippen LogP contribution in [0.5, 0.6) is 0 Å². The molecule has 0 amide bonds. The molecular weight excluding hydrogens is 148 g/mol. The molecule has 0 heterocycles. The quantitative estimate of drug-likeness (QED) is 0.420. The second-order valence-electron chi connectivity index (χ2n) is 1.58. The van der Waals surface area contributed by atoms with Crippen molar-refractivity contribution in [2.75, 3.05) is 12.4 Å². The molecule has 0 radical (unpaired) electrons. The molecule has 3 N–H and O–H groups in total. The first-order chi connectivity index (χ1) is 3.95. The summed E-state index contributed by atoms with van der Waals surface area (Å²) < 4.78 is 27.8. The van der Waals surface area contributed by atoms with E-state index in [4.69, 9.17) is 14.8 Å². The predicted octanol–water partition coefficient (Wildman–Crippen LogP) is -1.77. The van der Waals surface area contributed by atoms with Crippen molar-refractivity contribution >= 4 is 10.1 Å². The van der Waals surface area contributed by atoms with Crippen molar-refractivity contribution in [1.82, 2.24) is 0 Å². The Morgan fingerprint density at radius 1 is 1.44 bits per heavy atom. The molecule has 0 aromatic carbocycles. The van der Waals surface area contributed by atoms with Crippen LogP contribution in [0.2, 0.25) is 0 Å². The van der Waals surface area contributed by atoms with Crippen LogP contribution in [0.15, 0.2) is 0 Å². The van der Waals surface area contributed by atoms with Gasteiger partial charge in [-0.05, 0) is 0 Å². The third-order valence-corrected chi connectivity index (χ3v) is 1.42. The largest absolute Gasteiger partial charge is 0.394 e. The molecule has 9 heavy (non-hydrogen) atoms. The van der Waals surface area contributed by atoms with Gasteiger partial charge in [-0.2, -0.15) is 8.42 Å². The highest BCUT2D eigenvalue weighted by molar-refractivity contribution is 7.85. The first-order valence-electron chi connectivity index (χ1n) is 2.20. The number of hydrogen-bond donors (Lipinski definition) is 3. The molecule has 0 unspecified atom stereocenters. The van der Waals surface area contributed by atoms with Gasteiger partial charge in [-0.25, -0.2) is 0 Å². The van der Waals surface area contributed by atoms with Crippen LogP contribution in [0.25, 0.3) is 0 Å². The predicted molar refractivity (Wildman–Crippen MR) is 29.5 cm³/mol. The van der Waals surface area contributed by atoms with Gasteiger partial charge in [0.15, 0.2) is 0 Å². The van der Waals surface area contributed by atoms with Crippen molar-refractivity contribution < 1.29 is 23.2 Å². The Labute approximate surface area is 52.7 Å². The standard InChI is InChI=1S/C3H8O5S/c4-1-3(5)2-9(6,7)8/h3-5H,1-2H2,(H,6,7,8)/t3-/m0/s1. The summed E-state index contributed by atoms with van der Waals surface area (Å²) in [6, 6.07) is 0. The number of hydrogen-bond acceptors (Lipinski definition) is 4. The van der Waals surface area contributed by atoms with Crippen molar-refractivity contribution in [3.05, 3.63) is 0 Å². The maximum atomic E-state index is 9.88. The summed E-state index contributed by atoms with van der Waals surface area (Å²) in [7, 11) is -4.15. The Kier molecular flexibility index (Phi) is 3.06. The van der Waals surface area contributed by atoms with E-state index in [1.165, 1.54) is 0 Å². The van der Waals surface area contributed by atoms with Crippen molar-refractivity contribution in [2.45, 2.75) is 6.10 Å². The van der Waals surface area contributed by atoms with Crippen LogP contribution in [-0.4, -0.2) is 41.6 Å². The fourth-order valence-electron chi connectivity index (χ4n) is 0.296. The van der Waals surface area contributed by atoms with Gasteiger partial charge < -0.3 is 10.2 Å². The van der Waals surface area contributed by atoms with Crippen LogP contribution < -0.4 is 0 Å². The molecule has 0 saturated carbocycles. The van der Waals surface area contributed by atoms with Gasteiger partial charge in [0, 0.05) is 0 Å². The van der Waals surface area contributed by atoms with Crippen molar-refractivity contribution in [3.63, 3.8) is 0 Å². The Morgan fingerprint density at radius 2 is 1.89 bits per heavy atom. The summed E-state index contributed by atoms with van der Waals surface area (Å²) in [5.74, 6) is -0.816. The lowest BCUT2D eigenvalue weighted by molar-refractivity contribution is 0.111. The number of aliphatic hydroxyl groups is 2. The lowest BCUT2D eigenvalue weighted by atomic mass is 10.4. The van der Waals surface area contributed by atoms with Crippen LogP contribution in [0.4, 0.5) is 0 Å². The fourth-order valence-corrected chi connectivity index (χ4v) is 0.887. The summed E-state index contributed by atoms with van der Waals surface area (Å²) in [5, 5.41) is 16.5. The third-order valence-electron chi connectivity index (χ3n) is 0.614. The molecule has 0 aromatic rings. The maximum absolute atomic E-state index is 9.88. The average molecular weight is 156 g/mol. The fraction of sp³-hybridized carbons (Fsp3) is 1.00. The van der Waals surface area contributed by atoms with Gasteiger partial charge in [0.05, 0.1) is 12.7 Å². The Morgan fingerprint density at radius 3 is 2.00 bits per heavy atom. The first kappa shape index (κ1) is 8.83. The molecule has 0 aliphatic rings. The highest BCUT2D eigenvalue weighted by Gasteiger charge is 2.11. The van der Waals surface area contributed by atoms with E-state index in [0.29, 0.717) is 0 Å². The van der Waals surface area contributed by atoms with Gasteiger partial charge >= 0.3 is 0 Å². The summed E-state index contributed by atoms with van der Waals surface area (Å²) in [5.41, 5.74) is 0. The van der Waals surface area contributed by atoms with E-state index in [1.807, 2.05) is 0 Å². The van der Waals surface area contributed by atoms with Crippen LogP contribution in [0, 0.1) is 0 Å². The average Bonchev–Trinajstić information content (AvgIpc) is 1.62. The highest BCUT2D eigenvalue weighted by Crippen LogP contribution is 1.87. The topological polar surface area (TPSA) is 94.8 Å². The lowest BCUT2D eigenvalue weighted by Crippen LogP contribution is -2.23. The first-order valence-corrected chi connectivity index (χ1v) is 3.80.